The summed E-state index contributed by atoms with van der Waals surface area (Å²) in [6, 6.07) is 1.45. The highest BCUT2D eigenvalue weighted by molar-refractivity contribution is 5.94. The second-order valence-corrected chi connectivity index (χ2v) is 9.72. The van der Waals surface area contributed by atoms with E-state index >= 15 is 0 Å². The fraction of sp³-hybridized carbons (Fsp3) is 0.560. The van der Waals surface area contributed by atoms with Crippen LogP contribution in [-0.2, 0) is 30.4 Å². The van der Waals surface area contributed by atoms with Crippen molar-refractivity contribution < 1.29 is 39.3 Å². The molecule has 12 heteroatoms. The molecule has 12 nitrogen and oxygen atoms in total. The number of carboxylic acids is 2. The number of phenolic OH excluding ortho intramolecular Hbond substituents is 1. The zero-order valence-electron chi connectivity index (χ0n) is 21.6. The van der Waals surface area contributed by atoms with E-state index in [1.807, 2.05) is 13.8 Å². The number of carboxylic acid groups (broad SMARTS) is 2. The van der Waals surface area contributed by atoms with Gasteiger partial charge < -0.3 is 37.0 Å². The van der Waals surface area contributed by atoms with E-state index < -0.39 is 60.2 Å². The smallest absolute Gasteiger partial charge is 0.326 e. The van der Waals surface area contributed by atoms with Crippen LogP contribution in [-0.4, -0.2) is 69.1 Å². The van der Waals surface area contributed by atoms with E-state index in [0.29, 0.717) is 5.56 Å². The topological polar surface area (TPSA) is 208 Å². The van der Waals surface area contributed by atoms with E-state index in [-0.39, 0.29) is 36.8 Å². The van der Waals surface area contributed by atoms with Crippen LogP contribution < -0.4 is 21.7 Å². The molecule has 1 aromatic rings. The average Bonchev–Trinajstić information content (AvgIpc) is 2.80. The first kappa shape index (κ1) is 31.4. The largest absolute Gasteiger partial charge is 0.508 e. The van der Waals surface area contributed by atoms with Crippen molar-refractivity contribution in [1.29, 1.82) is 0 Å². The molecule has 8 N–H and O–H groups in total. The number of aliphatic carboxylic acids is 2. The molecule has 0 fully saturated rings. The summed E-state index contributed by atoms with van der Waals surface area (Å²) < 4.78 is 0. The Morgan fingerprint density at radius 3 is 1.81 bits per heavy atom. The average molecular weight is 523 g/mol. The van der Waals surface area contributed by atoms with Crippen molar-refractivity contribution in [3.8, 4) is 5.75 Å². The number of carbonyl (C=O) groups is 5. The van der Waals surface area contributed by atoms with E-state index in [1.165, 1.54) is 12.1 Å². The van der Waals surface area contributed by atoms with Gasteiger partial charge in [0.1, 0.15) is 23.9 Å². The summed E-state index contributed by atoms with van der Waals surface area (Å²) in [5, 5.41) is 35.3. The molecule has 0 aliphatic rings. The molecule has 37 heavy (non-hydrogen) atoms. The van der Waals surface area contributed by atoms with Crippen LogP contribution in [0.1, 0.15) is 52.5 Å². The third-order valence-electron chi connectivity index (χ3n) is 5.63. The first-order chi connectivity index (χ1) is 17.2. The Balaban J connectivity index is 3.13. The van der Waals surface area contributed by atoms with Gasteiger partial charge in [-0.2, -0.15) is 0 Å². The molecule has 1 aromatic carbocycles. The van der Waals surface area contributed by atoms with Crippen LogP contribution in [0.3, 0.4) is 0 Å². The Morgan fingerprint density at radius 1 is 0.811 bits per heavy atom. The van der Waals surface area contributed by atoms with Gasteiger partial charge in [0.15, 0.2) is 0 Å². The Labute approximate surface area is 216 Å². The summed E-state index contributed by atoms with van der Waals surface area (Å²) in [6.07, 6.45) is -0.593. The van der Waals surface area contributed by atoms with E-state index in [4.69, 9.17) is 10.8 Å². The number of benzene rings is 1. The molecular formula is C25H38N4O8. The molecule has 0 aliphatic heterocycles. The van der Waals surface area contributed by atoms with Crippen molar-refractivity contribution in [2.75, 3.05) is 0 Å². The van der Waals surface area contributed by atoms with Gasteiger partial charge in [0, 0.05) is 12.8 Å². The van der Waals surface area contributed by atoms with Gasteiger partial charge in [-0.15, -0.1) is 0 Å². The number of nitrogens with one attached hydrogen (secondary N) is 3. The molecule has 0 aliphatic carbocycles. The molecule has 0 aromatic heterocycles. The molecule has 1 rings (SSSR count). The predicted octanol–water partition coefficient (Wildman–Crippen LogP) is 0.368. The van der Waals surface area contributed by atoms with Crippen molar-refractivity contribution >= 4 is 29.7 Å². The van der Waals surface area contributed by atoms with Gasteiger partial charge in [-0.1, -0.05) is 39.8 Å². The van der Waals surface area contributed by atoms with Crippen molar-refractivity contribution in [2.45, 2.75) is 77.5 Å². The maximum Gasteiger partial charge on any atom is 0.326 e. The van der Waals surface area contributed by atoms with Crippen molar-refractivity contribution in [2.24, 2.45) is 17.6 Å². The molecule has 4 unspecified atom stereocenters. The van der Waals surface area contributed by atoms with Crippen LogP contribution in [0.2, 0.25) is 0 Å². The molecule has 0 saturated carbocycles. The molecule has 0 saturated heterocycles. The Morgan fingerprint density at radius 2 is 1.32 bits per heavy atom. The van der Waals surface area contributed by atoms with Crippen LogP contribution >= 0.6 is 0 Å². The van der Waals surface area contributed by atoms with Gasteiger partial charge in [-0.3, -0.25) is 19.2 Å². The lowest BCUT2D eigenvalue weighted by molar-refractivity contribution is -0.143. The summed E-state index contributed by atoms with van der Waals surface area (Å²) >= 11 is 0. The first-order valence-corrected chi connectivity index (χ1v) is 12.1. The fourth-order valence-corrected chi connectivity index (χ4v) is 3.42. The summed E-state index contributed by atoms with van der Waals surface area (Å²) in [6.45, 7) is 7.13. The minimum absolute atomic E-state index is 0.0279. The third kappa shape index (κ3) is 11.3. The minimum atomic E-state index is -1.45. The number of amides is 3. The van der Waals surface area contributed by atoms with Gasteiger partial charge >= 0.3 is 11.9 Å². The van der Waals surface area contributed by atoms with E-state index in [0.717, 1.165) is 0 Å². The highest BCUT2D eigenvalue weighted by atomic mass is 16.4. The number of aromatic hydroxyl groups is 1. The van der Waals surface area contributed by atoms with Gasteiger partial charge in [0.05, 0.1) is 6.04 Å². The van der Waals surface area contributed by atoms with E-state index in [9.17, 15) is 34.2 Å². The quantitative estimate of drug-likeness (QED) is 0.169. The number of phenols is 1. The monoisotopic (exact) mass is 522 g/mol. The molecular weight excluding hydrogens is 484 g/mol. The zero-order chi connectivity index (χ0) is 28.3. The van der Waals surface area contributed by atoms with Crippen molar-refractivity contribution in [1.82, 2.24) is 16.0 Å². The summed E-state index contributed by atoms with van der Waals surface area (Å²) in [7, 11) is 0. The molecule has 0 spiro atoms. The number of hydrogen-bond donors (Lipinski definition) is 7. The second-order valence-electron chi connectivity index (χ2n) is 9.72. The summed E-state index contributed by atoms with van der Waals surface area (Å²) in [5.41, 5.74) is 6.56. The lowest BCUT2D eigenvalue weighted by Gasteiger charge is -2.26. The van der Waals surface area contributed by atoms with Crippen LogP contribution in [0.4, 0.5) is 0 Å². The third-order valence-corrected chi connectivity index (χ3v) is 5.63. The maximum absolute atomic E-state index is 13.3. The van der Waals surface area contributed by atoms with Crippen LogP contribution in [0.15, 0.2) is 24.3 Å². The molecule has 0 radical (unpaired) electrons. The minimum Gasteiger partial charge on any atom is -0.508 e. The van der Waals surface area contributed by atoms with Crippen molar-refractivity contribution in [3.63, 3.8) is 0 Å². The van der Waals surface area contributed by atoms with Crippen molar-refractivity contribution in [3.05, 3.63) is 29.8 Å². The van der Waals surface area contributed by atoms with Crippen LogP contribution in [0.25, 0.3) is 0 Å². The Hall–Kier alpha value is -3.67. The Bertz CT molecular complexity index is 949. The maximum atomic E-state index is 13.3. The number of carbonyl (C=O) groups excluding carboxylic acids is 3. The second kappa shape index (κ2) is 14.8. The highest BCUT2D eigenvalue weighted by Gasteiger charge is 2.31. The van der Waals surface area contributed by atoms with Gasteiger partial charge in [-0.05, 0) is 42.4 Å². The molecule has 4 atom stereocenters. The molecule has 0 heterocycles. The van der Waals surface area contributed by atoms with Crippen LogP contribution in [0, 0.1) is 11.8 Å². The van der Waals surface area contributed by atoms with Gasteiger partial charge in [0.2, 0.25) is 17.7 Å². The number of rotatable bonds is 15. The van der Waals surface area contributed by atoms with E-state index in [1.54, 1.807) is 26.0 Å². The highest BCUT2D eigenvalue weighted by Crippen LogP contribution is 2.13. The summed E-state index contributed by atoms with van der Waals surface area (Å²) in [5.74, 6) is -4.87. The zero-order valence-corrected chi connectivity index (χ0v) is 21.6. The first-order valence-electron chi connectivity index (χ1n) is 12.1. The normalized spacial score (nSPS) is 14.4. The van der Waals surface area contributed by atoms with Crippen LogP contribution in [0.5, 0.6) is 5.75 Å². The SMILES string of the molecule is CC(C)CC(NC(=O)C(Cc1ccc(O)cc1)NC(=O)C(N)C(C)C)C(=O)NC(CCC(=O)O)C(=O)O. The lowest BCUT2D eigenvalue weighted by Crippen LogP contribution is -2.58. The Kier molecular flexibility index (Phi) is 12.5. The lowest BCUT2D eigenvalue weighted by atomic mass is 9.99. The van der Waals surface area contributed by atoms with E-state index in [2.05, 4.69) is 16.0 Å². The molecule has 206 valence electrons. The van der Waals surface area contributed by atoms with Gasteiger partial charge in [0.25, 0.3) is 0 Å². The fourth-order valence-electron chi connectivity index (χ4n) is 3.42. The number of nitrogens with two attached hydrogens (primary N) is 1. The predicted molar refractivity (Wildman–Crippen MR) is 134 cm³/mol. The molecule has 0 bridgehead atoms. The van der Waals surface area contributed by atoms with Gasteiger partial charge in [-0.25, -0.2) is 4.79 Å². The number of hydrogen-bond acceptors (Lipinski definition) is 7. The summed E-state index contributed by atoms with van der Waals surface area (Å²) in [4.78, 5) is 61.2. The molecule has 3 amide bonds. The standard InChI is InChI=1S/C25H38N4O8/c1-13(2)11-18(22(33)27-17(25(36)37)9-10-20(31)32)28-23(34)19(29-24(35)21(26)14(3)4)12-15-5-7-16(30)8-6-15/h5-8,13-14,17-19,21,30H,9-12,26H2,1-4H3,(H,27,33)(H,28,34)(H,29,35)(H,31,32)(H,36,37).